The van der Waals surface area contributed by atoms with Crippen molar-refractivity contribution in [2.24, 2.45) is 5.92 Å². The highest BCUT2D eigenvalue weighted by Gasteiger charge is 2.25. The van der Waals surface area contributed by atoms with E-state index < -0.39 is 12.0 Å². The lowest BCUT2D eigenvalue weighted by molar-refractivity contribution is -0.150. The van der Waals surface area contributed by atoms with Gasteiger partial charge in [-0.2, -0.15) is 0 Å². The van der Waals surface area contributed by atoms with E-state index in [-0.39, 0.29) is 24.4 Å². The minimum Gasteiger partial charge on any atom is -0.469 e. The highest BCUT2D eigenvalue weighted by molar-refractivity contribution is 5.84. The summed E-state index contributed by atoms with van der Waals surface area (Å²) in [5.74, 6) is -0.836. The fourth-order valence-corrected chi connectivity index (χ4v) is 2.57. The van der Waals surface area contributed by atoms with Crippen LogP contribution in [0.5, 0.6) is 0 Å². The van der Waals surface area contributed by atoms with Crippen molar-refractivity contribution >= 4 is 17.8 Å². The van der Waals surface area contributed by atoms with Crippen molar-refractivity contribution in [3.8, 4) is 0 Å². The number of nitrogens with one attached hydrogen (secondary N) is 1. The summed E-state index contributed by atoms with van der Waals surface area (Å²) in [7, 11) is 1.38. The van der Waals surface area contributed by atoms with Crippen LogP contribution in [0.15, 0.2) is 30.3 Å². The second-order valence-electron chi connectivity index (χ2n) is 6.87. The van der Waals surface area contributed by atoms with E-state index in [1.165, 1.54) is 7.11 Å². The molecule has 0 radical (unpaired) electrons. The number of unbranched alkanes of at least 4 members (excludes halogenated alkanes) is 3. The summed E-state index contributed by atoms with van der Waals surface area (Å²) in [6.45, 7) is 3.95. The lowest BCUT2D eigenvalue weighted by atomic mass is 10.0. The van der Waals surface area contributed by atoms with Crippen LogP contribution in [0.25, 0.3) is 0 Å². The first-order valence-corrected chi connectivity index (χ1v) is 9.50. The van der Waals surface area contributed by atoms with Crippen LogP contribution in [0.4, 0.5) is 0 Å². The molecule has 0 unspecified atom stereocenters. The Balaban J connectivity index is 2.30. The molecule has 150 valence electrons. The van der Waals surface area contributed by atoms with E-state index in [2.05, 4.69) is 10.1 Å². The monoisotopic (exact) mass is 377 g/mol. The van der Waals surface area contributed by atoms with Crippen LogP contribution in [0.2, 0.25) is 0 Å². The van der Waals surface area contributed by atoms with Crippen LogP contribution < -0.4 is 5.32 Å². The van der Waals surface area contributed by atoms with Gasteiger partial charge in [-0.05, 0) is 24.3 Å². The molecule has 1 rings (SSSR count). The lowest BCUT2D eigenvalue weighted by Crippen LogP contribution is -2.45. The van der Waals surface area contributed by atoms with Gasteiger partial charge in [-0.1, -0.05) is 57.0 Å². The number of carbonyl (C=O) groups is 3. The van der Waals surface area contributed by atoms with E-state index >= 15 is 0 Å². The Morgan fingerprint density at radius 3 is 2.19 bits per heavy atom. The Labute approximate surface area is 161 Å². The molecule has 6 nitrogen and oxygen atoms in total. The molecule has 0 heterocycles. The summed E-state index contributed by atoms with van der Waals surface area (Å²) in [6, 6.07) is 8.79. The standard InChI is InChI=1S/C21H31NO5/c1-16(2)20(21(25)27-15-17-11-7-6-8-12-17)22-18(23)13-9-4-5-10-14-19(24)26-3/h6-8,11-12,16,20H,4-5,9-10,13-15H2,1-3H3,(H,22,23)/t20-/m0/s1. The van der Waals surface area contributed by atoms with Gasteiger partial charge in [0.25, 0.3) is 0 Å². The molecule has 0 saturated carbocycles. The fourth-order valence-electron chi connectivity index (χ4n) is 2.57. The summed E-state index contributed by atoms with van der Waals surface area (Å²) < 4.78 is 9.93. The summed E-state index contributed by atoms with van der Waals surface area (Å²) in [4.78, 5) is 35.5. The zero-order valence-electron chi connectivity index (χ0n) is 16.5. The minimum absolute atomic E-state index is 0.0581. The average molecular weight is 377 g/mol. The molecular weight excluding hydrogens is 346 g/mol. The Hall–Kier alpha value is -2.37. The number of esters is 2. The number of carbonyl (C=O) groups excluding carboxylic acids is 3. The summed E-state index contributed by atoms with van der Waals surface area (Å²) >= 11 is 0. The predicted octanol–water partition coefficient (Wildman–Crippen LogP) is 3.38. The number of methoxy groups -OCH3 is 1. The van der Waals surface area contributed by atoms with Gasteiger partial charge in [0.15, 0.2) is 0 Å². The Morgan fingerprint density at radius 2 is 1.59 bits per heavy atom. The third-order valence-corrected chi connectivity index (χ3v) is 4.22. The van der Waals surface area contributed by atoms with Gasteiger partial charge in [-0.25, -0.2) is 4.79 Å². The van der Waals surface area contributed by atoms with Crippen LogP contribution in [0, 0.1) is 5.92 Å². The molecule has 0 spiro atoms. The normalized spacial score (nSPS) is 11.7. The maximum absolute atomic E-state index is 12.3. The SMILES string of the molecule is COC(=O)CCCCCCC(=O)N[C@H](C(=O)OCc1ccccc1)C(C)C. The number of hydrogen-bond donors (Lipinski definition) is 1. The van der Waals surface area contributed by atoms with E-state index in [0.717, 1.165) is 31.2 Å². The predicted molar refractivity (Wildman–Crippen MR) is 103 cm³/mol. The van der Waals surface area contributed by atoms with Crippen molar-refractivity contribution in [1.29, 1.82) is 0 Å². The van der Waals surface area contributed by atoms with Gasteiger partial charge in [-0.3, -0.25) is 9.59 Å². The molecule has 27 heavy (non-hydrogen) atoms. The molecule has 1 N–H and O–H groups in total. The first-order valence-electron chi connectivity index (χ1n) is 9.50. The number of hydrogen-bond acceptors (Lipinski definition) is 5. The Kier molecular flexibility index (Phi) is 10.8. The Bertz CT molecular complexity index is 585. The van der Waals surface area contributed by atoms with Gasteiger partial charge in [0.2, 0.25) is 5.91 Å². The van der Waals surface area contributed by atoms with Crippen molar-refractivity contribution in [3.05, 3.63) is 35.9 Å². The molecule has 6 heteroatoms. The van der Waals surface area contributed by atoms with Gasteiger partial charge < -0.3 is 14.8 Å². The molecule has 1 atom stereocenters. The van der Waals surface area contributed by atoms with Crippen molar-refractivity contribution < 1.29 is 23.9 Å². The van der Waals surface area contributed by atoms with Crippen LogP contribution in [-0.4, -0.2) is 31.0 Å². The van der Waals surface area contributed by atoms with Crippen LogP contribution >= 0.6 is 0 Å². The minimum atomic E-state index is -0.652. The highest BCUT2D eigenvalue weighted by Crippen LogP contribution is 2.10. The van der Waals surface area contributed by atoms with E-state index in [1.807, 2.05) is 44.2 Å². The van der Waals surface area contributed by atoms with Gasteiger partial charge in [0.05, 0.1) is 7.11 Å². The molecule has 0 fully saturated rings. The van der Waals surface area contributed by atoms with Gasteiger partial charge in [-0.15, -0.1) is 0 Å². The van der Waals surface area contributed by atoms with Crippen LogP contribution in [-0.2, 0) is 30.5 Å². The Morgan fingerprint density at radius 1 is 0.963 bits per heavy atom. The number of benzene rings is 1. The molecule has 1 aromatic carbocycles. The first kappa shape index (κ1) is 22.7. The second kappa shape index (κ2) is 12.9. The zero-order chi connectivity index (χ0) is 20.1. The maximum Gasteiger partial charge on any atom is 0.329 e. The molecule has 0 aliphatic heterocycles. The van der Waals surface area contributed by atoms with Crippen molar-refractivity contribution in [1.82, 2.24) is 5.32 Å². The van der Waals surface area contributed by atoms with Crippen LogP contribution in [0.3, 0.4) is 0 Å². The molecule has 0 aliphatic rings. The molecule has 0 aromatic heterocycles. The topological polar surface area (TPSA) is 81.7 Å². The first-order chi connectivity index (χ1) is 12.9. The van der Waals surface area contributed by atoms with Gasteiger partial charge >= 0.3 is 11.9 Å². The molecule has 0 aliphatic carbocycles. The molecular formula is C21H31NO5. The summed E-state index contributed by atoms with van der Waals surface area (Å²) in [5.41, 5.74) is 0.909. The average Bonchev–Trinajstić information content (AvgIpc) is 2.67. The smallest absolute Gasteiger partial charge is 0.329 e. The van der Waals surface area contributed by atoms with Gasteiger partial charge in [0, 0.05) is 12.8 Å². The molecule has 0 bridgehead atoms. The third kappa shape index (κ3) is 9.78. The van der Waals surface area contributed by atoms with E-state index in [1.54, 1.807) is 0 Å². The van der Waals surface area contributed by atoms with E-state index in [4.69, 9.17) is 4.74 Å². The summed E-state index contributed by atoms with van der Waals surface area (Å²) in [6.07, 6.45) is 3.97. The fraction of sp³-hybridized carbons (Fsp3) is 0.571. The van der Waals surface area contributed by atoms with E-state index in [0.29, 0.717) is 12.8 Å². The zero-order valence-corrected chi connectivity index (χ0v) is 16.5. The molecule has 1 aromatic rings. The molecule has 1 amide bonds. The highest BCUT2D eigenvalue weighted by atomic mass is 16.5. The maximum atomic E-state index is 12.3. The van der Waals surface area contributed by atoms with Crippen LogP contribution in [0.1, 0.15) is 57.9 Å². The quantitative estimate of drug-likeness (QED) is 0.446. The largest absolute Gasteiger partial charge is 0.469 e. The summed E-state index contributed by atoms with van der Waals surface area (Å²) in [5, 5.41) is 2.78. The van der Waals surface area contributed by atoms with Crippen molar-refractivity contribution in [2.45, 2.75) is 65.0 Å². The van der Waals surface area contributed by atoms with Crippen molar-refractivity contribution in [3.63, 3.8) is 0 Å². The van der Waals surface area contributed by atoms with Gasteiger partial charge in [0.1, 0.15) is 12.6 Å². The molecule has 0 saturated heterocycles. The van der Waals surface area contributed by atoms with Crippen molar-refractivity contribution in [2.75, 3.05) is 7.11 Å². The number of amides is 1. The van der Waals surface area contributed by atoms with E-state index in [9.17, 15) is 14.4 Å². The second-order valence-corrected chi connectivity index (χ2v) is 6.87. The number of rotatable bonds is 12. The number of ether oxygens (including phenoxy) is 2. The third-order valence-electron chi connectivity index (χ3n) is 4.22. The lowest BCUT2D eigenvalue weighted by Gasteiger charge is -2.21.